The third kappa shape index (κ3) is 3.69. The predicted octanol–water partition coefficient (Wildman–Crippen LogP) is 2.99. The third-order valence-electron chi connectivity index (χ3n) is 3.38. The second-order valence-corrected chi connectivity index (χ2v) is 4.94. The SMILES string of the molecule is COc1ccc(O[C@@H](C)C(=O)Nc2cccc(N)c2C)cc1. The lowest BCUT2D eigenvalue weighted by molar-refractivity contribution is -0.122. The molecule has 2 aromatic rings. The van der Waals surface area contributed by atoms with Crippen molar-refractivity contribution in [1.82, 2.24) is 0 Å². The number of methoxy groups -OCH3 is 1. The van der Waals surface area contributed by atoms with E-state index in [1.807, 2.05) is 13.0 Å². The zero-order chi connectivity index (χ0) is 16.1. The van der Waals surface area contributed by atoms with E-state index in [9.17, 15) is 4.79 Å². The minimum Gasteiger partial charge on any atom is -0.497 e. The summed E-state index contributed by atoms with van der Waals surface area (Å²) in [6, 6.07) is 12.5. The Morgan fingerprint density at radius 1 is 1.14 bits per heavy atom. The van der Waals surface area contributed by atoms with Crippen molar-refractivity contribution in [2.45, 2.75) is 20.0 Å². The van der Waals surface area contributed by atoms with E-state index in [1.165, 1.54) is 0 Å². The Labute approximate surface area is 130 Å². The molecule has 0 unspecified atom stereocenters. The molecule has 0 heterocycles. The van der Waals surface area contributed by atoms with E-state index in [2.05, 4.69) is 5.32 Å². The molecule has 1 amide bonds. The van der Waals surface area contributed by atoms with Crippen molar-refractivity contribution in [2.75, 3.05) is 18.2 Å². The Balaban J connectivity index is 2.01. The average Bonchev–Trinajstić information content (AvgIpc) is 2.52. The van der Waals surface area contributed by atoms with Crippen LogP contribution in [0, 0.1) is 6.92 Å². The van der Waals surface area contributed by atoms with Gasteiger partial charge in [0.15, 0.2) is 6.10 Å². The molecule has 22 heavy (non-hydrogen) atoms. The van der Waals surface area contributed by atoms with E-state index >= 15 is 0 Å². The van der Waals surface area contributed by atoms with Crippen molar-refractivity contribution >= 4 is 17.3 Å². The van der Waals surface area contributed by atoms with Crippen LogP contribution in [0.15, 0.2) is 42.5 Å². The number of carbonyl (C=O) groups excluding carboxylic acids is 1. The lowest BCUT2D eigenvalue weighted by Crippen LogP contribution is -2.30. The van der Waals surface area contributed by atoms with Gasteiger partial charge in [-0.05, 0) is 55.8 Å². The Hall–Kier alpha value is -2.69. The molecule has 0 fully saturated rings. The molecular weight excluding hydrogens is 280 g/mol. The molecular formula is C17H20N2O3. The number of nitrogen functional groups attached to an aromatic ring is 1. The fourth-order valence-corrected chi connectivity index (χ4v) is 1.94. The maximum Gasteiger partial charge on any atom is 0.265 e. The van der Waals surface area contributed by atoms with Crippen LogP contribution in [0.4, 0.5) is 11.4 Å². The predicted molar refractivity (Wildman–Crippen MR) is 87.3 cm³/mol. The van der Waals surface area contributed by atoms with Gasteiger partial charge >= 0.3 is 0 Å². The molecule has 5 nitrogen and oxygen atoms in total. The number of ether oxygens (including phenoxy) is 2. The quantitative estimate of drug-likeness (QED) is 0.833. The van der Waals surface area contributed by atoms with Gasteiger partial charge in [-0.1, -0.05) is 6.07 Å². The standard InChI is InChI=1S/C17H20N2O3/c1-11-15(18)5-4-6-16(11)19-17(20)12(2)22-14-9-7-13(21-3)8-10-14/h4-10,12H,18H2,1-3H3,(H,19,20)/t12-/m0/s1. The monoisotopic (exact) mass is 300 g/mol. The van der Waals surface area contributed by atoms with Crippen LogP contribution in [0.2, 0.25) is 0 Å². The summed E-state index contributed by atoms with van der Waals surface area (Å²) < 4.78 is 10.7. The van der Waals surface area contributed by atoms with Crippen LogP contribution in [-0.2, 0) is 4.79 Å². The number of hydrogen-bond donors (Lipinski definition) is 2. The summed E-state index contributed by atoms with van der Waals surface area (Å²) in [4.78, 5) is 12.2. The molecule has 0 aliphatic heterocycles. The highest BCUT2D eigenvalue weighted by Crippen LogP contribution is 2.22. The van der Waals surface area contributed by atoms with Crippen molar-refractivity contribution in [3.05, 3.63) is 48.0 Å². The maximum atomic E-state index is 12.2. The summed E-state index contributed by atoms with van der Waals surface area (Å²) >= 11 is 0. The Morgan fingerprint density at radius 2 is 1.77 bits per heavy atom. The summed E-state index contributed by atoms with van der Waals surface area (Å²) in [7, 11) is 1.60. The first-order chi connectivity index (χ1) is 10.5. The summed E-state index contributed by atoms with van der Waals surface area (Å²) in [5.41, 5.74) is 8.00. The summed E-state index contributed by atoms with van der Waals surface area (Å²) in [6.45, 7) is 3.56. The van der Waals surface area contributed by atoms with Crippen molar-refractivity contribution < 1.29 is 14.3 Å². The van der Waals surface area contributed by atoms with Gasteiger partial charge in [-0.15, -0.1) is 0 Å². The first kappa shape index (κ1) is 15.7. The van der Waals surface area contributed by atoms with Crippen LogP contribution in [0.5, 0.6) is 11.5 Å². The number of carbonyl (C=O) groups is 1. The van der Waals surface area contributed by atoms with E-state index in [4.69, 9.17) is 15.2 Å². The fraction of sp³-hybridized carbons (Fsp3) is 0.235. The molecule has 2 aromatic carbocycles. The number of nitrogens with two attached hydrogens (primary N) is 1. The van der Waals surface area contributed by atoms with E-state index < -0.39 is 6.10 Å². The fourth-order valence-electron chi connectivity index (χ4n) is 1.94. The van der Waals surface area contributed by atoms with Crippen LogP contribution < -0.4 is 20.5 Å². The minimum absolute atomic E-state index is 0.232. The number of nitrogens with one attached hydrogen (secondary N) is 1. The van der Waals surface area contributed by atoms with E-state index in [-0.39, 0.29) is 5.91 Å². The first-order valence-electron chi connectivity index (χ1n) is 6.98. The van der Waals surface area contributed by atoms with Gasteiger partial charge in [-0.2, -0.15) is 0 Å². The number of amides is 1. The Bertz CT molecular complexity index is 653. The molecule has 1 atom stereocenters. The number of benzene rings is 2. The van der Waals surface area contributed by atoms with Gasteiger partial charge in [0.25, 0.3) is 5.91 Å². The lowest BCUT2D eigenvalue weighted by atomic mass is 10.1. The molecule has 116 valence electrons. The van der Waals surface area contributed by atoms with E-state index in [0.29, 0.717) is 17.1 Å². The lowest BCUT2D eigenvalue weighted by Gasteiger charge is -2.16. The highest BCUT2D eigenvalue weighted by Gasteiger charge is 2.16. The molecule has 0 saturated heterocycles. The van der Waals surface area contributed by atoms with Crippen molar-refractivity contribution in [3.8, 4) is 11.5 Å². The summed E-state index contributed by atoms with van der Waals surface area (Å²) in [5, 5.41) is 2.82. The van der Waals surface area contributed by atoms with Gasteiger partial charge in [-0.25, -0.2) is 0 Å². The Kier molecular flexibility index (Phi) is 4.88. The smallest absolute Gasteiger partial charge is 0.265 e. The molecule has 0 spiro atoms. The van der Waals surface area contributed by atoms with Gasteiger partial charge in [-0.3, -0.25) is 4.79 Å². The van der Waals surface area contributed by atoms with Gasteiger partial charge in [0.1, 0.15) is 11.5 Å². The highest BCUT2D eigenvalue weighted by molar-refractivity contribution is 5.95. The van der Waals surface area contributed by atoms with Gasteiger partial charge in [0.05, 0.1) is 7.11 Å². The Morgan fingerprint density at radius 3 is 2.41 bits per heavy atom. The molecule has 0 bridgehead atoms. The van der Waals surface area contributed by atoms with Crippen LogP contribution in [-0.4, -0.2) is 19.1 Å². The molecule has 0 aliphatic rings. The van der Waals surface area contributed by atoms with Crippen LogP contribution >= 0.6 is 0 Å². The van der Waals surface area contributed by atoms with Crippen LogP contribution in [0.1, 0.15) is 12.5 Å². The maximum absolute atomic E-state index is 12.2. The average molecular weight is 300 g/mol. The minimum atomic E-state index is -0.630. The molecule has 3 N–H and O–H groups in total. The zero-order valence-corrected chi connectivity index (χ0v) is 12.9. The van der Waals surface area contributed by atoms with Crippen LogP contribution in [0.25, 0.3) is 0 Å². The second-order valence-electron chi connectivity index (χ2n) is 4.94. The second kappa shape index (κ2) is 6.85. The molecule has 0 saturated carbocycles. The summed E-state index contributed by atoms with van der Waals surface area (Å²) in [5.74, 6) is 1.11. The molecule has 2 rings (SSSR count). The van der Waals surface area contributed by atoms with Crippen molar-refractivity contribution in [1.29, 1.82) is 0 Å². The number of hydrogen-bond acceptors (Lipinski definition) is 4. The highest BCUT2D eigenvalue weighted by atomic mass is 16.5. The molecule has 0 aromatic heterocycles. The topological polar surface area (TPSA) is 73.6 Å². The molecule has 5 heteroatoms. The van der Waals surface area contributed by atoms with Gasteiger partial charge in [0.2, 0.25) is 0 Å². The number of rotatable bonds is 5. The van der Waals surface area contributed by atoms with E-state index in [1.54, 1.807) is 50.4 Å². The van der Waals surface area contributed by atoms with Crippen molar-refractivity contribution in [3.63, 3.8) is 0 Å². The van der Waals surface area contributed by atoms with E-state index in [0.717, 1.165) is 11.3 Å². The van der Waals surface area contributed by atoms with Crippen molar-refractivity contribution in [2.24, 2.45) is 0 Å². The molecule has 0 aliphatic carbocycles. The summed E-state index contributed by atoms with van der Waals surface area (Å²) in [6.07, 6.45) is -0.630. The third-order valence-corrected chi connectivity index (χ3v) is 3.38. The molecule has 0 radical (unpaired) electrons. The first-order valence-corrected chi connectivity index (χ1v) is 6.98. The normalized spacial score (nSPS) is 11.6. The number of anilines is 2. The van der Waals surface area contributed by atoms with Gasteiger partial charge in [0, 0.05) is 11.4 Å². The van der Waals surface area contributed by atoms with Crippen LogP contribution in [0.3, 0.4) is 0 Å². The zero-order valence-electron chi connectivity index (χ0n) is 12.9. The van der Waals surface area contributed by atoms with Gasteiger partial charge < -0.3 is 20.5 Å². The largest absolute Gasteiger partial charge is 0.497 e.